The lowest BCUT2D eigenvalue weighted by molar-refractivity contribution is 0.192. The van der Waals surface area contributed by atoms with Gasteiger partial charge in [-0.15, -0.1) is 0 Å². The molecule has 0 aliphatic heterocycles. The Hall–Kier alpha value is -1.33. The van der Waals surface area contributed by atoms with Gasteiger partial charge in [-0.2, -0.15) is 0 Å². The van der Waals surface area contributed by atoms with Gasteiger partial charge in [-0.1, -0.05) is 15.9 Å². The van der Waals surface area contributed by atoms with E-state index >= 15 is 0 Å². The Morgan fingerprint density at radius 2 is 2.15 bits per heavy atom. The topological polar surface area (TPSA) is 60.2 Å². The van der Waals surface area contributed by atoms with E-state index in [1.165, 1.54) is 0 Å². The number of rotatable bonds is 7. The number of ether oxygens (including phenoxy) is 1. The SMILES string of the molecule is COCCCCCNc1c(N)cnc2ccc(Br)cc12. The number of nitrogens with zero attached hydrogens (tertiary/aromatic N) is 1. The molecule has 0 aliphatic carbocycles. The lowest BCUT2D eigenvalue weighted by Crippen LogP contribution is -2.06. The first-order valence-electron chi connectivity index (χ1n) is 6.79. The van der Waals surface area contributed by atoms with Gasteiger partial charge >= 0.3 is 0 Å². The molecule has 0 spiro atoms. The Morgan fingerprint density at radius 3 is 2.95 bits per heavy atom. The molecule has 0 saturated heterocycles. The lowest BCUT2D eigenvalue weighted by Gasteiger charge is -2.12. The Kier molecular flexibility index (Phi) is 5.61. The summed E-state index contributed by atoms with van der Waals surface area (Å²) in [7, 11) is 1.74. The highest BCUT2D eigenvalue weighted by Crippen LogP contribution is 2.30. The summed E-state index contributed by atoms with van der Waals surface area (Å²) in [6, 6.07) is 6.02. The zero-order valence-electron chi connectivity index (χ0n) is 11.7. The summed E-state index contributed by atoms with van der Waals surface area (Å²) in [5.41, 5.74) is 8.65. The first-order valence-corrected chi connectivity index (χ1v) is 7.58. The van der Waals surface area contributed by atoms with Crippen LogP contribution in [0.15, 0.2) is 28.9 Å². The number of methoxy groups -OCH3 is 1. The number of halogens is 1. The third-order valence-electron chi connectivity index (χ3n) is 3.19. The molecule has 0 bridgehead atoms. The number of nitrogen functional groups attached to an aromatic ring is 1. The third kappa shape index (κ3) is 3.84. The quantitative estimate of drug-likeness (QED) is 0.754. The molecule has 0 saturated carbocycles. The average Bonchev–Trinajstić information content (AvgIpc) is 2.44. The van der Waals surface area contributed by atoms with E-state index in [1.54, 1.807) is 13.3 Å². The highest BCUT2D eigenvalue weighted by molar-refractivity contribution is 9.10. The number of fused-ring (bicyclic) bond motifs is 1. The van der Waals surface area contributed by atoms with Gasteiger partial charge in [0.15, 0.2) is 0 Å². The summed E-state index contributed by atoms with van der Waals surface area (Å²) < 4.78 is 6.07. The molecule has 20 heavy (non-hydrogen) atoms. The monoisotopic (exact) mass is 337 g/mol. The fourth-order valence-corrected chi connectivity index (χ4v) is 2.50. The van der Waals surface area contributed by atoms with Gasteiger partial charge in [-0.25, -0.2) is 0 Å². The molecule has 0 atom stereocenters. The molecule has 0 fully saturated rings. The number of hydrogen-bond donors (Lipinski definition) is 2. The lowest BCUT2D eigenvalue weighted by atomic mass is 10.1. The van der Waals surface area contributed by atoms with Crippen LogP contribution in [0.4, 0.5) is 11.4 Å². The van der Waals surface area contributed by atoms with Crippen LogP contribution in [-0.2, 0) is 4.74 Å². The van der Waals surface area contributed by atoms with Gasteiger partial charge < -0.3 is 15.8 Å². The molecule has 2 rings (SSSR count). The van der Waals surface area contributed by atoms with Crippen molar-refractivity contribution in [2.75, 3.05) is 31.3 Å². The Labute approximate surface area is 127 Å². The smallest absolute Gasteiger partial charge is 0.0743 e. The second kappa shape index (κ2) is 7.45. The van der Waals surface area contributed by atoms with Crippen LogP contribution in [0.5, 0.6) is 0 Å². The summed E-state index contributed by atoms with van der Waals surface area (Å²) in [5, 5.41) is 4.49. The molecule has 0 unspecified atom stereocenters. The van der Waals surface area contributed by atoms with Crippen LogP contribution in [0.3, 0.4) is 0 Å². The summed E-state index contributed by atoms with van der Waals surface area (Å²) in [6.07, 6.45) is 5.05. The predicted octanol–water partition coefficient (Wildman–Crippen LogP) is 3.81. The minimum atomic E-state index is 0.687. The van der Waals surface area contributed by atoms with E-state index < -0.39 is 0 Å². The van der Waals surface area contributed by atoms with Gasteiger partial charge in [-0.3, -0.25) is 4.98 Å². The van der Waals surface area contributed by atoms with Crippen molar-refractivity contribution in [1.29, 1.82) is 0 Å². The zero-order valence-corrected chi connectivity index (χ0v) is 13.2. The fraction of sp³-hybridized carbons (Fsp3) is 0.400. The van der Waals surface area contributed by atoms with Gasteiger partial charge in [0.1, 0.15) is 0 Å². The van der Waals surface area contributed by atoms with Crippen LogP contribution >= 0.6 is 15.9 Å². The summed E-state index contributed by atoms with van der Waals surface area (Å²) in [4.78, 5) is 4.35. The number of aromatic nitrogens is 1. The summed E-state index contributed by atoms with van der Waals surface area (Å²) in [6.45, 7) is 1.73. The number of hydrogen-bond acceptors (Lipinski definition) is 4. The van der Waals surface area contributed by atoms with Crippen molar-refractivity contribution in [2.24, 2.45) is 0 Å². The molecule has 0 aliphatic rings. The molecule has 2 aromatic rings. The fourth-order valence-electron chi connectivity index (χ4n) is 2.14. The average molecular weight is 338 g/mol. The zero-order chi connectivity index (χ0) is 14.4. The first kappa shape index (κ1) is 15.1. The molecule has 3 N–H and O–H groups in total. The molecule has 108 valence electrons. The molecule has 1 aromatic carbocycles. The van der Waals surface area contributed by atoms with Crippen molar-refractivity contribution in [3.8, 4) is 0 Å². The number of unbranched alkanes of at least 4 members (excludes halogenated alkanes) is 2. The van der Waals surface area contributed by atoms with E-state index in [0.717, 1.165) is 53.5 Å². The van der Waals surface area contributed by atoms with Crippen molar-refractivity contribution >= 4 is 38.2 Å². The Morgan fingerprint density at radius 1 is 1.30 bits per heavy atom. The second-order valence-corrected chi connectivity index (χ2v) is 5.65. The normalized spacial score (nSPS) is 10.9. The van der Waals surface area contributed by atoms with Crippen molar-refractivity contribution in [2.45, 2.75) is 19.3 Å². The Balaban J connectivity index is 2.05. The first-order chi connectivity index (χ1) is 9.72. The number of benzene rings is 1. The van der Waals surface area contributed by atoms with Crippen LogP contribution in [0, 0.1) is 0 Å². The highest BCUT2D eigenvalue weighted by atomic mass is 79.9. The van der Waals surface area contributed by atoms with Gasteiger partial charge in [0.25, 0.3) is 0 Å². The number of anilines is 2. The van der Waals surface area contributed by atoms with Crippen LogP contribution < -0.4 is 11.1 Å². The molecule has 0 radical (unpaired) electrons. The van der Waals surface area contributed by atoms with Crippen molar-refractivity contribution < 1.29 is 4.74 Å². The van der Waals surface area contributed by atoms with Gasteiger partial charge in [-0.05, 0) is 37.5 Å². The van der Waals surface area contributed by atoms with E-state index in [4.69, 9.17) is 10.5 Å². The summed E-state index contributed by atoms with van der Waals surface area (Å²) >= 11 is 3.49. The van der Waals surface area contributed by atoms with E-state index in [-0.39, 0.29) is 0 Å². The van der Waals surface area contributed by atoms with Crippen LogP contribution in [0.25, 0.3) is 10.9 Å². The van der Waals surface area contributed by atoms with Crippen molar-refractivity contribution in [3.63, 3.8) is 0 Å². The van der Waals surface area contributed by atoms with Crippen LogP contribution in [0.1, 0.15) is 19.3 Å². The minimum Gasteiger partial charge on any atom is -0.396 e. The molecule has 5 heteroatoms. The molecular formula is C15H20BrN3O. The van der Waals surface area contributed by atoms with E-state index in [9.17, 15) is 0 Å². The third-order valence-corrected chi connectivity index (χ3v) is 3.68. The second-order valence-electron chi connectivity index (χ2n) is 4.73. The van der Waals surface area contributed by atoms with Crippen molar-refractivity contribution in [3.05, 3.63) is 28.9 Å². The van der Waals surface area contributed by atoms with E-state index in [0.29, 0.717) is 5.69 Å². The molecule has 4 nitrogen and oxygen atoms in total. The molecular weight excluding hydrogens is 318 g/mol. The van der Waals surface area contributed by atoms with Crippen LogP contribution in [0.2, 0.25) is 0 Å². The van der Waals surface area contributed by atoms with Gasteiger partial charge in [0.05, 0.1) is 23.1 Å². The minimum absolute atomic E-state index is 0.687. The highest BCUT2D eigenvalue weighted by Gasteiger charge is 2.06. The largest absolute Gasteiger partial charge is 0.396 e. The maximum atomic E-state index is 6.04. The maximum absolute atomic E-state index is 6.04. The standard InChI is InChI=1S/C15H20BrN3O/c1-20-8-4-2-3-7-18-15-12-9-11(16)5-6-14(12)19-10-13(15)17/h5-6,9-10H,2-4,7-8,17H2,1H3,(H,18,19). The number of pyridine rings is 1. The predicted molar refractivity (Wildman–Crippen MR) is 88.1 cm³/mol. The maximum Gasteiger partial charge on any atom is 0.0743 e. The molecule has 1 heterocycles. The Bertz CT molecular complexity index is 569. The number of nitrogens with two attached hydrogens (primary N) is 1. The van der Waals surface area contributed by atoms with Crippen molar-refractivity contribution in [1.82, 2.24) is 4.98 Å². The van der Waals surface area contributed by atoms with E-state index in [1.807, 2.05) is 18.2 Å². The molecule has 0 amide bonds. The summed E-state index contributed by atoms with van der Waals surface area (Å²) in [5.74, 6) is 0. The van der Waals surface area contributed by atoms with Gasteiger partial charge in [0.2, 0.25) is 0 Å². The van der Waals surface area contributed by atoms with Gasteiger partial charge in [0, 0.05) is 30.1 Å². The number of nitrogens with one attached hydrogen (secondary N) is 1. The molecule has 1 aromatic heterocycles. The van der Waals surface area contributed by atoms with E-state index in [2.05, 4.69) is 26.2 Å². The van der Waals surface area contributed by atoms with Crippen LogP contribution in [-0.4, -0.2) is 25.2 Å².